The average molecular weight is 380 g/mol. The predicted molar refractivity (Wildman–Crippen MR) is 95.5 cm³/mol. The van der Waals surface area contributed by atoms with Gasteiger partial charge in [-0.1, -0.05) is 11.6 Å². The number of nitro groups is 1. The third-order valence-electron chi connectivity index (χ3n) is 3.07. The Kier molecular flexibility index (Phi) is 6.79. The van der Waals surface area contributed by atoms with Crippen molar-refractivity contribution in [3.63, 3.8) is 0 Å². The molecule has 0 aliphatic carbocycles. The van der Waals surface area contributed by atoms with Crippen LogP contribution in [0.1, 0.15) is 16.8 Å². The molecule has 0 radical (unpaired) electrons. The Bertz CT molecular complexity index is 766. The molecule has 9 heteroatoms. The zero-order chi connectivity index (χ0) is 18.2. The van der Waals surface area contributed by atoms with Gasteiger partial charge in [0.1, 0.15) is 0 Å². The van der Waals surface area contributed by atoms with Gasteiger partial charge >= 0.3 is 0 Å². The highest BCUT2D eigenvalue weighted by Crippen LogP contribution is 2.20. The molecule has 0 heterocycles. The molecule has 0 atom stereocenters. The highest BCUT2D eigenvalue weighted by atomic mass is 35.5. The van der Waals surface area contributed by atoms with E-state index in [9.17, 15) is 19.7 Å². The lowest BCUT2D eigenvalue weighted by atomic mass is 10.2. The molecule has 0 saturated carbocycles. The molecule has 2 amide bonds. The van der Waals surface area contributed by atoms with E-state index in [2.05, 4.69) is 10.9 Å². The number of carbonyl (C=O) groups excluding carboxylic acids is 2. The standard InChI is InChI=1S/C16H14ClN3O4S/c17-12-3-7-14(8-4-12)25-10-9-15(21)18-19-16(22)11-1-5-13(6-2-11)20(23)24/h1-8H,9-10H2,(H,18,21)(H,19,22). The highest BCUT2D eigenvalue weighted by Gasteiger charge is 2.10. The van der Waals surface area contributed by atoms with Crippen molar-refractivity contribution in [3.05, 3.63) is 69.2 Å². The van der Waals surface area contributed by atoms with Crippen LogP contribution in [0.25, 0.3) is 0 Å². The Balaban J connectivity index is 1.72. The number of hydrogen-bond donors (Lipinski definition) is 2. The lowest BCUT2D eigenvalue weighted by Gasteiger charge is -2.07. The van der Waals surface area contributed by atoms with Crippen LogP contribution in [-0.2, 0) is 4.79 Å². The van der Waals surface area contributed by atoms with E-state index in [1.165, 1.54) is 36.0 Å². The number of rotatable bonds is 6. The Morgan fingerprint density at radius 1 is 1.04 bits per heavy atom. The smallest absolute Gasteiger partial charge is 0.269 e. The molecule has 0 unspecified atom stereocenters. The summed E-state index contributed by atoms with van der Waals surface area (Å²) in [6, 6.07) is 12.3. The minimum Gasteiger partial charge on any atom is -0.273 e. The first-order valence-electron chi connectivity index (χ1n) is 7.18. The van der Waals surface area contributed by atoms with Gasteiger partial charge in [-0.15, -0.1) is 11.8 Å². The number of halogens is 1. The maximum absolute atomic E-state index is 11.8. The monoisotopic (exact) mass is 379 g/mol. The minimum absolute atomic E-state index is 0.111. The van der Waals surface area contributed by atoms with Crippen molar-refractivity contribution >= 4 is 40.9 Å². The van der Waals surface area contributed by atoms with Crippen LogP contribution < -0.4 is 10.9 Å². The maximum atomic E-state index is 11.8. The normalized spacial score (nSPS) is 10.1. The summed E-state index contributed by atoms with van der Waals surface area (Å²) in [7, 11) is 0. The lowest BCUT2D eigenvalue weighted by molar-refractivity contribution is -0.384. The van der Waals surface area contributed by atoms with Crippen molar-refractivity contribution in [3.8, 4) is 0 Å². The second-order valence-corrected chi connectivity index (χ2v) is 6.46. The van der Waals surface area contributed by atoms with Crippen molar-refractivity contribution in [2.75, 3.05) is 5.75 Å². The molecule has 0 fully saturated rings. The number of non-ortho nitro benzene ring substituents is 1. The fraction of sp³-hybridized carbons (Fsp3) is 0.125. The van der Waals surface area contributed by atoms with Gasteiger partial charge in [0.2, 0.25) is 5.91 Å². The SMILES string of the molecule is O=C(CCSc1ccc(Cl)cc1)NNC(=O)c1ccc([N+](=O)[O-])cc1. The number of hydrogen-bond acceptors (Lipinski definition) is 5. The van der Waals surface area contributed by atoms with Crippen molar-refractivity contribution in [2.24, 2.45) is 0 Å². The number of thioether (sulfide) groups is 1. The third kappa shape index (κ3) is 6.09. The van der Waals surface area contributed by atoms with Gasteiger partial charge < -0.3 is 0 Å². The first-order chi connectivity index (χ1) is 12.0. The second kappa shape index (κ2) is 9.05. The van der Waals surface area contributed by atoms with E-state index < -0.39 is 10.8 Å². The van der Waals surface area contributed by atoms with E-state index in [1.807, 2.05) is 12.1 Å². The number of nitro benzene ring substituents is 1. The van der Waals surface area contributed by atoms with Crippen molar-refractivity contribution < 1.29 is 14.5 Å². The molecule has 2 aromatic rings. The number of nitrogens with one attached hydrogen (secondary N) is 2. The molecule has 2 aromatic carbocycles. The lowest BCUT2D eigenvalue weighted by Crippen LogP contribution is -2.41. The topological polar surface area (TPSA) is 101 Å². The van der Waals surface area contributed by atoms with Crippen LogP contribution in [0.5, 0.6) is 0 Å². The molecule has 0 spiro atoms. The minimum atomic E-state index is -0.554. The van der Waals surface area contributed by atoms with E-state index in [1.54, 1.807) is 12.1 Å². The predicted octanol–water partition coefficient (Wildman–Crippen LogP) is 3.19. The quantitative estimate of drug-likeness (QED) is 0.456. The van der Waals surface area contributed by atoms with Gasteiger partial charge in [-0.2, -0.15) is 0 Å². The largest absolute Gasteiger partial charge is 0.273 e. The Labute approximate surface area is 152 Å². The van der Waals surface area contributed by atoms with Crippen LogP contribution in [0.4, 0.5) is 5.69 Å². The molecular weight excluding hydrogens is 366 g/mol. The average Bonchev–Trinajstić information content (AvgIpc) is 2.61. The van der Waals surface area contributed by atoms with E-state index in [4.69, 9.17) is 11.6 Å². The number of hydrazine groups is 1. The summed E-state index contributed by atoms with van der Waals surface area (Å²) in [5.41, 5.74) is 4.67. The first-order valence-corrected chi connectivity index (χ1v) is 8.54. The molecule has 7 nitrogen and oxygen atoms in total. The van der Waals surface area contributed by atoms with Crippen molar-refractivity contribution in [2.45, 2.75) is 11.3 Å². The van der Waals surface area contributed by atoms with E-state index in [0.717, 1.165) is 4.90 Å². The zero-order valence-electron chi connectivity index (χ0n) is 12.9. The molecular formula is C16H14ClN3O4S. The second-order valence-electron chi connectivity index (χ2n) is 4.86. The summed E-state index contributed by atoms with van der Waals surface area (Å²) in [5, 5.41) is 11.2. The Morgan fingerprint density at radius 3 is 2.28 bits per heavy atom. The maximum Gasteiger partial charge on any atom is 0.269 e. The number of amides is 2. The van der Waals surface area contributed by atoms with Crippen molar-refractivity contribution in [1.29, 1.82) is 0 Å². The number of benzene rings is 2. The van der Waals surface area contributed by atoms with E-state index in [-0.39, 0.29) is 23.6 Å². The Morgan fingerprint density at radius 2 is 1.68 bits per heavy atom. The summed E-state index contributed by atoms with van der Waals surface area (Å²) in [4.78, 5) is 34.6. The van der Waals surface area contributed by atoms with Gasteiger partial charge in [0.15, 0.2) is 0 Å². The van der Waals surface area contributed by atoms with Crippen LogP contribution in [0.2, 0.25) is 5.02 Å². The first kappa shape index (κ1) is 18.8. The van der Waals surface area contributed by atoms with Gasteiger partial charge in [0, 0.05) is 39.8 Å². The summed E-state index contributed by atoms with van der Waals surface area (Å²) >= 11 is 7.29. The summed E-state index contributed by atoms with van der Waals surface area (Å²) in [5.74, 6) is -0.341. The summed E-state index contributed by atoms with van der Waals surface area (Å²) in [6.45, 7) is 0. The van der Waals surface area contributed by atoms with Gasteiger partial charge in [-0.05, 0) is 36.4 Å². The molecule has 130 valence electrons. The molecule has 0 aliphatic heterocycles. The molecule has 2 N–H and O–H groups in total. The van der Waals surface area contributed by atoms with Gasteiger partial charge in [0.25, 0.3) is 11.6 Å². The third-order valence-corrected chi connectivity index (χ3v) is 4.33. The zero-order valence-corrected chi connectivity index (χ0v) is 14.5. The van der Waals surface area contributed by atoms with Crippen LogP contribution in [-0.4, -0.2) is 22.5 Å². The molecule has 0 bridgehead atoms. The molecule has 0 aliphatic rings. The highest BCUT2D eigenvalue weighted by molar-refractivity contribution is 7.99. The summed E-state index contributed by atoms with van der Waals surface area (Å²) in [6.07, 6.45) is 0.216. The van der Waals surface area contributed by atoms with Crippen LogP contribution >= 0.6 is 23.4 Å². The van der Waals surface area contributed by atoms with Gasteiger partial charge in [-0.3, -0.25) is 30.6 Å². The van der Waals surface area contributed by atoms with Crippen LogP contribution in [0.3, 0.4) is 0 Å². The van der Waals surface area contributed by atoms with E-state index in [0.29, 0.717) is 10.8 Å². The number of carbonyl (C=O) groups is 2. The molecule has 0 aromatic heterocycles. The fourth-order valence-electron chi connectivity index (χ4n) is 1.79. The molecule has 25 heavy (non-hydrogen) atoms. The van der Waals surface area contributed by atoms with Crippen molar-refractivity contribution in [1.82, 2.24) is 10.9 Å². The van der Waals surface area contributed by atoms with Gasteiger partial charge in [-0.25, -0.2) is 0 Å². The van der Waals surface area contributed by atoms with Crippen LogP contribution in [0.15, 0.2) is 53.4 Å². The van der Waals surface area contributed by atoms with E-state index >= 15 is 0 Å². The van der Waals surface area contributed by atoms with Crippen LogP contribution in [0, 0.1) is 10.1 Å². The Hall–Kier alpha value is -2.58. The number of nitrogens with zero attached hydrogens (tertiary/aromatic N) is 1. The molecule has 2 rings (SSSR count). The molecule has 0 saturated heterocycles. The van der Waals surface area contributed by atoms with Gasteiger partial charge in [0.05, 0.1) is 4.92 Å². The summed E-state index contributed by atoms with van der Waals surface area (Å²) < 4.78 is 0. The fourth-order valence-corrected chi connectivity index (χ4v) is 2.77.